The molecule has 6 rings (SSSR count). The quantitative estimate of drug-likeness (QED) is 0.419. The van der Waals surface area contributed by atoms with Crippen molar-refractivity contribution in [2.45, 2.75) is 81.9 Å². The number of fused-ring (bicyclic) bond motifs is 4. The zero-order valence-corrected chi connectivity index (χ0v) is 27.1. The van der Waals surface area contributed by atoms with Crippen molar-refractivity contribution in [1.82, 2.24) is 10.0 Å². The molecule has 4 aliphatic rings. The first kappa shape index (κ1) is 31.0. The van der Waals surface area contributed by atoms with Crippen molar-refractivity contribution in [2.75, 3.05) is 24.6 Å². The van der Waals surface area contributed by atoms with E-state index in [4.69, 9.17) is 16.3 Å². The van der Waals surface area contributed by atoms with Crippen molar-refractivity contribution in [1.29, 1.82) is 0 Å². The van der Waals surface area contributed by atoms with Crippen molar-refractivity contribution in [3.63, 3.8) is 0 Å². The summed E-state index contributed by atoms with van der Waals surface area (Å²) in [5, 5.41) is 3.18. The fourth-order valence-electron chi connectivity index (χ4n) is 7.74. The molecule has 2 heterocycles. The molecule has 44 heavy (non-hydrogen) atoms. The lowest BCUT2D eigenvalue weighted by Gasteiger charge is -2.46. The van der Waals surface area contributed by atoms with Gasteiger partial charge in [0.1, 0.15) is 5.75 Å². The number of anilines is 1. The van der Waals surface area contributed by atoms with Gasteiger partial charge in [-0.3, -0.25) is 9.59 Å². The van der Waals surface area contributed by atoms with Crippen LogP contribution in [0.3, 0.4) is 0 Å². The Morgan fingerprint density at radius 1 is 1.18 bits per heavy atom. The maximum Gasteiger partial charge on any atom is 0.264 e. The lowest BCUT2D eigenvalue weighted by atomic mass is 9.68. The number of rotatable bonds is 2. The Bertz CT molecular complexity index is 1580. The van der Waals surface area contributed by atoms with Gasteiger partial charge in [-0.15, -0.1) is 0 Å². The maximum atomic E-state index is 13.4. The number of benzene rings is 2. The van der Waals surface area contributed by atoms with Gasteiger partial charge in [-0.05, 0) is 105 Å². The summed E-state index contributed by atoms with van der Waals surface area (Å²) in [6.07, 6.45) is 10.3. The number of hydrogen-bond donors (Lipinski definition) is 2. The third-order valence-electron chi connectivity index (χ3n) is 10.2. The Kier molecular flexibility index (Phi) is 8.72. The maximum absolute atomic E-state index is 13.4. The van der Waals surface area contributed by atoms with Crippen LogP contribution < -0.4 is 19.7 Å². The molecule has 2 amide bonds. The molecule has 2 aliphatic carbocycles. The molecule has 1 spiro atoms. The average Bonchev–Trinajstić information content (AvgIpc) is 3.11. The number of nitrogens with one attached hydrogen (secondary N) is 2. The summed E-state index contributed by atoms with van der Waals surface area (Å²) >= 11 is 6.41. The minimum Gasteiger partial charge on any atom is -0.490 e. The number of aryl methyl sites for hydroxylation is 1. The monoisotopic (exact) mass is 639 g/mol. The molecule has 0 radical (unpaired) electrons. The van der Waals surface area contributed by atoms with E-state index < -0.39 is 21.2 Å². The zero-order valence-electron chi connectivity index (χ0n) is 25.5. The predicted octanol–water partition coefficient (Wildman–Crippen LogP) is 5.53. The third-order valence-corrected chi connectivity index (χ3v) is 12.3. The third kappa shape index (κ3) is 6.10. The highest BCUT2D eigenvalue weighted by molar-refractivity contribution is 7.90. The molecule has 5 atom stereocenters. The molecule has 2 N–H and O–H groups in total. The SMILES string of the molecule is CC[C@@H]1CC/C=C/[C@@H](NC(C)=O)[C@@H]2CC[C@H]2CN2C[C@@]3(CCCc4cc(Cl)ccc43)COc3ccc(cc32)C(=O)NS1(=O)=O. The minimum atomic E-state index is -3.90. The molecule has 2 aliphatic heterocycles. The van der Waals surface area contributed by atoms with Crippen molar-refractivity contribution < 1.29 is 22.7 Å². The van der Waals surface area contributed by atoms with Crippen LogP contribution in [-0.4, -0.2) is 51.2 Å². The Balaban J connectivity index is 1.43. The number of allylic oxidation sites excluding steroid dienone is 1. The molecule has 2 aromatic rings. The number of amides is 2. The van der Waals surface area contributed by atoms with Gasteiger partial charge in [0, 0.05) is 36.0 Å². The highest BCUT2D eigenvalue weighted by Gasteiger charge is 2.44. The van der Waals surface area contributed by atoms with Crippen molar-refractivity contribution in [3.05, 3.63) is 70.3 Å². The van der Waals surface area contributed by atoms with Crippen LogP contribution in [0.5, 0.6) is 5.75 Å². The number of sulfonamides is 1. The lowest BCUT2D eigenvalue weighted by molar-refractivity contribution is -0.120. The zero-order chi connectivity index (χ0) is 31.1. The van der Waals surface area contributed by atoms with E-state index in [-0.39, 0.29) is 28.8 Å². The molecule has 0 aromatic heterocycles. The fraction of sp³-hybridized carbons (Fsp3) is 0.529. The van der Waals surface area contributed by atoms with E-state index in [9.17, 15) is 18.0 Å². The highest BCUT2D eigenvalue weighted by Crippen LogP contribution is 2.46. The lowest BCUT2D eigenvalue weighted by Crippen LogP contribution is -2.51. The first-order valence-electron chi connectivity index (χ1n) is 15.9. The van der Waals surface area contributed by atoms with Crippen LogP contribution in [0, 0.1) is 11.8 Å². The van der Waals surface area contributed by atoms with E-state index in [1.54, 1.807) is 25.1 Å². The van der Waals surface area contributed by atoms with Crippen LogP contribution in [0.2, 0.25) is 5.02 Å². The van der Waals surface area contributed by atoms with E-state index in [1.165, 1.54) is 11.1 Å². The Morgan fingerprint density at radius 2 is 2.02 bits per heavy atom. The van der Waals surface area contributed by atoms with Crippen LogP contribution in [-0.2, 0) is 26.7 Å². The number of nitrogens with zero attached hydrogens (tertiary/aromatic N) is 1. The second-order valence-corrected chi connectivity index (χ2v) is 15.4. The van der Waals surface area contributed by atoms with Crippen molar-refractivity contribution in [3.8, 4) is 5.75 Å². The summed E-state index contributed by atoms with van der Waals surface area (Å²) in [6, 6.07) is 11.3. The Labute approximate surface area is 265 Å². The molecular formula is C34H42ClN3O5S. The molecule has 1 saturated carbocycles. The van der Waals surface area contributed by atoms with E-state index in [2.05, 4.69) is 27.1 Å². The van der Waals surface area contributed by atoms with Crippen LogP contribution in [0.15, 0.2) is 48.6 Å². The molecule has 8 nitrogen and oxygen atoms in total. The smallest absolute Gasteiger partial charge is 0.264 e. The average molecular weight is 640 g/mol. The van der Waals surface area contributed by atoms with Gasteiger partial charge in [-0.25, -0.2) is 13.1 Å². The van der Waals surface area contributed by atoms with E-state index in [0.717, 1.165) is 49.4 Å². The molecule has 0 unspecified atom stereocenters. The second kappa shape index (κ2) is 12.4. The van der Waals surface area contributed by atoms with E-state index >= 15 is 0 Å². The molecule has 2 aromatic carbocycles. The summed E-state index contributed by atoms with van der Waals surface area (Å²) in [5.74, 6) is 0.552. The van der Waals surface area contributed by atoms with Gasteiger partial charge in [-0.1, -0.05) is 36.7 Å². The molecule has 2 bridgehead atoms. The Hall–Kier alpha value is -3.04. The normalized spacial score (nSPS) is 30.4. The molecule has 0 saturated heterocycles. The predicted molar refractivity (Wildman–Crippen MR) is 173 cm³/mol. The fourth-order valence-corrected chi connectivity index (χ4v) is 9.36. The highest BCUT2D eigenvalue weighted by atomic mass is 35.5. The van der Waals surface area contributed by atoms with Gasteiger partial charge in [0.05, 0.1) is 23.6 Å². The van der Waals surface area contributed by atoms with Crippen LogP contribution in [0.25, 0.3) is 0 Å². The number of carbonyl (C=O) groups excluding carboxylic acids is 2. The number of hydrogen-bond acceptors (Lipinski definition) is 6. The van der Waals surface area contributed by atoms with Crippen molar-refractivity contribution in [2.24, 2.45) is 11.8 Å². The summed E-state index contributed by atoms with van der Waals surface area (Å²) in [4.78, 5) is 28.0. The summed E-state index contributed by atoms with van der Waals surface area (Å²) in [7, 11) is -3.90. The number of carbonyl (C=O) groups is 2. The van der Waals surface area contributed by atoms with Gasteiger partial charge in [0.25, 0.3) is 5.91 Å². The van der Waals surface area contributed by atoms with Crippen LogP contribution >= 0.6 is 11.6 Å². The first-order valence-corrected chi connectivity index (χ1v) is 17.8. The topological polar surface area (TPSA) is 105 Å². The van der Waals surface area contributed by atoms with E-state index in [0.29, 0.717) is 44.1 Å². The Morgan fingerprint density at radius 3 is 2.77 bits per heavy atom. The van der Waals surface area contributed by atoms with Gasteiger partial charge in [0.15, 0.2) is 0 Å². The molecular weight excluding hydrogens is 598 g/mol. The van der Waals surface area contributed by atoms with Crippen molar-refractivity contribution >= 4 is 39.1 Å². The minimum absolute atomic E-state index is 0.0778. The molecule has 236 valence electrons. The van der Waals surface area contributed by atoms with E-state index in [1.807, 2.05) is 25.1 Å². The second-order valence-electron chi connectivity index (χ2n) is 13.0. The van der Waals surface area contributed by atoms with Crippen LogP contribution in [0.1, 0.15) is 80.3 Å². The molecule has 1 fully saturated rings. The standard InChI is InChI=1S/C34H42ClN3O5S/c1-3-27-8-4-5-9-30(36-22(2)39)28-13-10-25(28)19-38-20-34(16-6-7-23-17-26(35)12-14-29(23)34)21-43-32-15-11-24(18-31(32)38)33(40)37-44(27,41)42/h5,9,11-12,14-15,17-18,25,27-28,30H,3-4,6-8,10,13,16,19-21H2,1-2H3,(H,36,39)(H,37,40)/b9-5+/t25-,27+,28+,30+,34-/m0/s1. The summed E-state index contributed by atoms with van der Waals surface area (Å²) in [6.45, 7) is 5.29. The summed E-state index contributed by atoms with van der Waals surface area (Å²) in [5.41, 5.74) is 3.32. The van der Waals surface area contributed by atoms with Crippen LogP contribution in [0.4, 0.5) is 5.69 Å². The number of halogens is 1. The van der Waals surface area contributed by atoms with Gasteiger partial charge in [0.2, 0.25) is 15.9 Å². The number of ether oxygens (including phenoxy) is 1. The molecule has 10 heteroatoms. The largest absolute Gasteiger partial charge is 0.490 e. The van der Waals surface area contributed by atoms with Gasteiger partial charge < -0.3 is 15.0 Å². The van der Waals surface area contributed by atoms with Gasteiger partial charge in [-0.2, -0.15) is 0 Å². The first-order chi connectivity index (χ1) is 21.1. The van der Waals surface area contributed by atoms with Gasteiger partial charge >= 0.3 is 0 Å². The summed E-state index contributed by atoms with van der Waals surface area (Å²) < 4.78 is 35.5.